The van der Waals surface area contributed by atoms with Crippen molar-refractivity contribution in [1.82, 2.24) is 10.2 Å². The molecule has 6 heteroatoms. The maximum atomic E-state index is 12.1. The highest BCUT2D eigenvalue weighted by atomic mass is 79.9. The van der Waals surface area contributed by atoms with Crippen molar-refractivity contribution in [2.24, 2.45) is 0 Å². The van der Waals surface area contributed by atoms with E-state index in [1.54, 1.807) is 6.92 Å². The number of rotatable bonds is 3. The van der Waals surface area contributed by atoms with Gasteiger partial charge in [-0.1, -0.05) is 28.1 Å². The number of hydrogen-bond donors (Lipinski definition) is 1. The van der Waals surface area contributed by atoms with Gasteiger partial charge in [0.2, 0.25) is 17.7 Å². The highest BCUT2D eigenvalue weighted by Crippen LogP contribution is 2.14. The minimum atomic E-state index is -0.595. The number of nitrogens with zero attached hydrogens (tertiary/aromatic N) is 1. The highest BCUT2D eigenvalue weighted by molar-refractivity contribution is 9.10. The molecule has 0 bridgehead atoms. The van der Waals surface area contributed by atoms with Gasteiger partial charge in [0.25, 0.3) is 0 Å². The fourth-order valence-corrected chi connectivity index (χ4v) is 2.55. The van der Waals surface area contributed by atoms with Gasteiger partial charge in [-0.3, -0.25) is 19.7 Å². The topological polar surface area (TPSA) is 66.5 Å². The number of carbonyl (C=O) groups excluding carboxylic acids is 3. The monoisotopic (exact) mass is 338 g/mol. The molecular weight excluding hydrogens is 324 g/mol. The van der Waals surface area contributed by atoms with Gasteiger partial charge in [0.15, 0.2) is 0 Å². The summed E-state index contributed by atoms with van der Waals surface area (Å²) < 4.78 is 0.961. The molecule has 0 aliphatic carbocycles. The molecule has 1 aliphatic rings. The van der Waals surface area contributed by atoms with Gasteiger partial charge in [0, 0.05) is 10.9 Å². The third-order valence-corrected chi connectivity index (χ3v) is 3.75. The number of benzene rings is 1. The molecule has 20 heavy (non-hydrogen) atoms. The molecule has 1 fully saturated rings. The summed E-state index contributed by atoms with van der Waals surface area (Å²) in [5.41, 5.74) is 1.04. The van der Waals surface area contributed by atoms with Gasteiger partial charge in [0.1, 0.15) is 12.6 Å². The average Bonchev–Trinajstić information content (AvgIpc) is 2.40. The van der Waals surface area contributed by atoms with Crippen LogP contribution >= 0.6 is 15.9 Å². The zero-order chi connectivity index (χ0) is 14.7. The third kappa shape index (κ3) is 3.45. The molecular formula is C14H15BrN2O3. The summed E-state index contributed by atoms with van der Waals surface area (Å²) in [5.74, 6) is -1.03. The van der Waals surface area contributed by atoms with Crippen LogP contribution in [-0.4, -0.2) is 35.2 Å². The molecule has 0 spiro atoms. The van der Waals surface area contributed by atoms with Gasteiger partial charge in [0.05, 0.1) is 0 Å². The van der Waals surface area contributed by atoms with E-state index in [2.05, 4.69) is 21.2 Å². The van der Waals surface area contributed by atoms with E-state index >= 15 is 0 Å². The van der Waals surface area contributed by atoms with E-state index in [-0.39, 0.29) is 18.9 Å². The van der Waals surface area contributed by atoms with Gasteiger partial charge in [-0.05, 0) is 31.0 Å². The van der Waals surface area contributed by atoms with Crippen molar-refractivity contribution in [2.45, 2.75) is 25.8 Å². The van der Waals surface area contributed by atoms with Gasteiger partial charge in [-0.25, -0.2) is 0 Å². The van der Waals surface area contributed by atoms with Crippen LogP contribution < -0.4 is 5.32 Å². The Morgan fingerprint density at radius 2 is 2.20 bits per heavy atom. The fourth-order valence-electron chi connectivity index (χ4n) is 2.11. The lowest BCUT2D eigenvalue weighted by atomic mass is 10.1. The normalized spacial score (nSPS) is 18.9. The Bertz CT molecular complexity index is 559. The van der Waals surface area contributed by atoms with Gasteiger partial charge in [-0.15, -0.1) is 0 Å². The lowest BCUT2D eigenvalue weighted by molar-refractivity contribution is -0.149. The van der Waals surface area contributed by atoms with E-state index in [1.165, 1.54) is 4.90 Å². The molecule has 0 saturated carbocycles. The van der Waals surface area contributed by atoms with Crippen molar-refractivity contribution < 1.29 is 14.4 Å². The number of halogens is 1. The number of hydrogen-bond acceptors (Lipinski definition) is 3. The lowest BCUT2D eigenvalue weighted by Crippen LogP contribution is -2.58. The van der Waals surface area contributed by atoms with E-state index in [1.807, 2.05) is 24.3 Å². The standard InChI is InChI=1S/C14H15BrN2O3/c1-9-14(20)16-12(18)8-17(9)13(19)6-5-10-3-2-4-11(15)7-10/h2-4,7,9H,5-6,8H2,1H3,(H,16,18,20). The molecule has 1 unspecified atom stereocenters. The molecule has 0 aromatic heterocycles. The Morgan fingerprint density at radius 3 is 2.90 bits per heavy atom. The van der Waals surface area contributed by atoms with Crippen LogP contribution in [0.25, 0.3) is 0 Å². The molecule has 1 heterocycles. The Morgan fingerprint density at radius 1 is 1.45 bits per heavy atom. The average molecular weight is 339 g/mol. The first-order chi connectivity index (χ1) is 9.47. The summed E-state index contributed by atoms with van der Waals surface area (Å²) in [6.07, 6.45) is 0.860. The van der Waals surface area contributed by atoms with Crippen molar-refractivity contribution >= 4 is 33.7 Å². The van der Waals surface area contributed by atoms with E-state index in [0.29, 0.717) is 6.42 Å². The van der Waals surface area contributed by atoms with Crippen molar-refractivity contribution in [3.63, 3.8) is 0 Å². The first-order valence-electron chi connectivity index (χ1n) is 6.35. The molecule has 1 aliphatic heterocycles. The van der Waals surface area contributed by atoms with Crippen molar-refractivity contribution in [3.8, 4) is 0 Å². The summed E-state index contributed by atoms with van der Waals surface area (Å²) in [5, 5.41) is 2.22. The van der Waals surface area contributed by atoms with Gasteiger partial charge < -0.3 is 4.90 Å². The van der Waals surface area contributed by atoms with Crippen LogP contribution in [0.15, 0.2) is 28.7 Å². The van der Waals surface area contributed by atoms with Crippen LogP contribution in [0, 0.1) is 0 Å². The zero-order valence-electron chi connectivity index (χ0n) is 11.1. The zero-order valence-corrected chi connectivity index (χ0v) is 12.6. The molecule has 2 rings (SSSR count). The van der Waals surface area contributed by atoms with E-state index < -0.39 is 17.9 Å². The van der Waals surface area contributed by atoms with Crippen LogP contribution in [0.4, 0.5) is 0 Å². The molecule has 0 radical (unpaired) electrons. The summed E-state index contributed by atoms with van der Waals surface area (Å²) in [6.45, 7) is 1.57. The number of imide groups is 1. The number of carbonyl (C=O) groups is 3. The SMILES string of the molecule is CC1C(=O)NC(=O)CN1C(=O)CCc1cccc(Br)c1. The summed E-state index contributed by atoms with van der Waals surface area (Å²) in [6, 6.07) is 7.12. The summed E-state index contributed by atoms with van der Waals surface area (Å²) in [7, 11) is 0. The van der Waals surface area contributed by atoms with Crippen LogP contribution in [0.1, 0.15) is 18.9 Å². The van der Waals surface area contributed by atoms with Crippen molar-refractivity contribution in [1.29, 1.82) is 0 Å². The van der Waals surface area contributed by atoms with Crippen molar-refractivity contribution in [3.05, 3.63) is 34.3 Å². The second-order valence-electron chi connectivity index (χ2n) is 4.74. The Hall–Kier alpha value is -1.69. The first kappa shape index (κ1) is 14.7. The third-order valence-electron chi connectivity index (χ3n) is 3.26. The molecule has 1 saturated heterocycles. The van der Waals surface area contributed by atoms with E-state index in [9.17, 15) is 14.4 Å². The largest absolute Gasteiger partial charge is 0.322 e. The Kier molecular flexibility index (Phi) is 4.54. The maximum Gasteiger partial charge on any atom is 0.249 e. The molecule has 1 aromatic rings. The molecule has 1 aromatic carbocycles. The van der Waals surface area contributed by atoms with E-state index in [0.717, 1.165) is 10.0 Å². The summed E-state index contributed by atoms with van der Waals surface area (Å²) >= 11 is 3.38. The lowest BCUT2D eigenvalue weighted by Gasteiger charge is -2.31. The predicted molar refractivity (Wildman–Crippen MR) is 76.8 cm³/mol. The minimum Gasteiger partial charge on any atom is -0.322 e. The smallest absolute Gasteiger partial charge is 0.249 e. The first-order valence-corrected chi connectivity index (χ1v) is 7.14. The number of piperazine rings is 1. The van der Waals surface area contributed by atoms with Crippen LogP contribution in [-0.2, 0) is 20.8 Å². The molecule has 5 nitrogen and oxygen atoms in total. The Labute approximate surface area is 125 Å². The number of nitrogens with one attached hydrogen (secondary N) is 1. The number of aryl methyl sites for hydroxylation is 1. The molecule has 1 atom stereocenters. The second kappa shape index (κ2) is 6.17. The van der Waals surface area contributed by atoms with Crippen molar-refractivity contribution in [2.75, 3.05) is 6.54 Å². The number of amides is 3. The molecule has 3 amide bonds. The Balaban J connectivity index is 1.97. The quantitative estimate of drug-likeness (QED) is 0.843. The van der Waals surface area contributed by atoms with E-state index in [4.69, 9.17) is 0 Å². The summed E-state index contributed by atoms with van der Waals surface area (Å²) in [4.78, 5) is 36.3. The predicted octanol–water partition coefficient (Wildman–Crippen LogP) is 1.26. The fraction of sp³-hybridized carbons (Fsp3) is 0.357. The van der Waals surface area contributed by atoms with Gasteiger partial charge in [-0.2, -0.15) is 0 Å². The van der Waals surface area contributed by atoms with Crippen LogP contribution in [0.2, 0.25) is 0 Å². The second-order valence-corrected chi connectivity index (χ2v) is 5.66. The van der Waals surface area contributed by atoms with Crippen LogP contribution in [0.3, 0.4) is 0 Å². The molecule has 1 N–H and O–H groups in total. The van der Waals surface area contributed by atoms with Gasteiger partial charge >= 0.3 is 0 Å². The molecule has 106 valence electrons. The van der Waals surface area contributed by atoms with Crippen LogP contribution in [0.5, 0.6) is 0 Å². The minimum absolute atomic E-state index is 0.0514. The highest BCUT2D eigenvalue weighted by Gasteiger charge is 2.32. The maximum absolute atomic E-state index is 12.1.